The van der Waals surface area contributed by atoms with E-state index in [1.165, 1.54) is 6.21 Å². The molecule has 7 heteroatoms. The summed E-state index contributed by atoms with van der Waals surface area (Å²) in [6.45, 7) is 1.68. The highest BCUT2D eigenvalue weighted by atomic mass is 35.5. The van der Waals surface area contributed by atoms with Gasteiger partial charge in [-0.05, 0) is 30.5 Å². The number of halogens is 1. The van der Waals surface area contributed by atoms with E-state index in [1.807, 2.05) is 79.7 Å². The minimum Gasteiger partial charge on any atom is -0.483 e. The second-order valence-electron chi connectivity index (χ2n) is 6.60. The number of benzene rings is 3. The molecule has 0 aliphatic rings. The van der Waals surface area contributed by atoms with Crippen molar-refractivity contribution in [1.29, 1.82) is 0 Å². The van der Waals surface area contributed by atoms with E-state index in [-0.39, 0.29) is 12.5 Å². The number of nitrogens with zero attached hydrogens (tertiary/aromatic N) is 3. The van der Waals surface area contributed by atoms with Crippen molar-refractivity contribution >= 4 is 34.5 Å². The third kappa shape index (κ3) is 4.18. The van der Waals surface area contributed by atoms with E-state index in [9.17, 15) is 4.79 Å². The summed E-state index contributed by atoms with van der Waals surface area (Å²) in [4.78, 5) is 12.1. The Morgan fingerprint density at radius 1 is 1.10 bits per heavy atom. The van der Waals surface area contributed by atoms with Crippen molar-refractivity contribution in [1.82, 2.24) is 15.2 Å². The molecule has 30 heavy (non-hydrogen) atoms. The van der Waals surface area contributed by atoms with Gasteiger partial charge in [0, 0.05) is 5.39 Å². The molecule has 0 aliphatic carbocycles. The van der Waals surface area contributed by atoms with Crippen LogP contribution in [-0.2, 0) is 4.79 Å². The number of fused-ring (bicyclic) bond motifs is 1. The van der Waals surface area contributed by atoms with Crippen LogP contribution in [0.2, 0.25) is 5.15 Å². The van der Waals surface area contributed by atoms with E-state index >= 15 is 0 Å². The summed E-state index contributed by atoms with van der Waals surface area (Å²) < 4.78 is 7.29. The standard InChI is InChI=1S/C23H19ClN4O2/c1-16-20(23(24)28(27-16)18-10-3-2-4-11-18)14-25-26-22(29)15-30-21-13-7-9-17-8-5-6-12-19(17)21/h2-14H,15H2,1H3,(H,26,29)/b25-14-. The van der Waals surface area contributed by atoms with Gasteiger partial charge in [-0.2, -0.15) is 10.2 Å². The van der Waals surface area contributed by atoms with Crippen LogP contribution in [-0.4, -0.2) is 28.5 Å². The first-order chi connectivity index (χ1) is 14.6. The lowest BCUT2D eigenvalue weighted by molar-refractivity contribution is -0.123. The Labute approximate surface area is 178 Å². The number of hydrogen-bond donors (Lipinski definition) is 1. The fourth-order valence-electron chi connectivity index (χ4n) is 3.06. The van der Waals surface area contributed by atoms with Crippen molar-refractivity contribution in [2.75, 3.05) is 6.61 Å². The van der Waals surface area contributed by atoms with Gasteiger partial charge in [-0.1, -0.05) is 66.2 Å². The van der Waals surface area contributed by atoms with Gasteiger partial charge in [-0.3, -0.25) is 4.79 Å². The topological polar surface area (TPSA) is 68.5 Å². The molecular formula is C23H19ClN4O2. The van der Waals surface area contributed by atoms with E-state index in [1.54, 1.807) is 4.68 Å². The minimum absolute atomic E-state index is 0.151. The number of nitrogens with one attached hydrogen (secondary N) is 1. The number of carbonyl (C=O) groups excluding carboxylic acids is 1. The second kappa shape index (κ2) is 8.80. The fraction of sp³-hybridized carbons (Fsp3) is 0.0870. The van der Waals surface area contributed by atoms with Crippen molar-refractivity contribution in [3.05, 3.63) is 89.2 Å². The number of aryl methyl sites for hydroxylation is 1. The van der Waals surface area contributed by atoms with Gasteiger partial charge in [0.15, 0.2) is 6.61 Å². The highest BCUT2D eigenvalue weighted by Gasteiger charge is 2.13. The number of rotatable bonds is 6. The first-order valence-electron chi connectivity index (χ1n) is 9.36. The zero-order valence-corrected chi connectivity index (χ0v) is 17.0. The molecule has 6 nitrogen and oxygen atoms in total. The lowest BCUT2D eigenvalue weighted by Crippen LogP contribution is -2.24. The van der Waals surface area contributed by atoms with Crippen molar-refractivity contribution < 1.29 is 9.53 Å². The number of aromatic nitrogens is 2. The first kappa shape index (κ1) is 19.7. The van der Waals surface area contributed by atoms with Gasteiger partial charge in [-0.15, -0.1) is 0 Å². The molecule has 0 fully saturated rings. The lowest BCUT2D eigenvalue weighted by Gasteiger charge is -2.08. The first-order valence-corrected chi connectivity index (χ1v) is 9.74. The molecule has 0 atom stereocenters. The Balaban J connectivity index is 1.40. The Bertz CT molecular complexity index is 1210. The molecule has 1 amide bonds. The summed E-state index contributed by atoms with van der Waals surface area (Å²) in [6, 6.07) is 23.1. The molecule has 0 radical (unpaired) electrons. The van der Waals surface area contributed by atoms with Crippen LogP contribution in [0.4, 0.5) is 0 Å². The number of hydrazone groups is 1. The van der Waals surface area contributed by atoms with E-state index < -0.39 is 0 Å². The predicted molar refractivity (Wildman–Crippen MR) is 118 cm³/mol. The number of carbonyl (C=O) groups is 1. The van der Waals surface area contributed by atoms with Crippen molar-refractivity contribution in [3.8, 4) is 11.4 Å². The van der Waals surface area contributed by atoms with Gasteiger partial charge in [-0.25, -0.2) is 10.1 Å². The molecule has 0 bridgehead atoms. The number of ether oxygens (including phenoxy) is 1. The third-order valence-electron chi connectivity index (χ3n) is 4.54. The van der Waals surface area contributed by atoms with Crippen LogP contribution in [0.3, 0.4) is 0 Å². The summed E-state index contributed by atoms with van der Waals surface area (Å²) in [7, 11) is 0. The second-order valence-corrected chi connectivity index (χ2v) is 6.95. The molecule has 4 aromatic rings. The van der Waals surface area contributed by atoms with Gasteiger partial charge in [0.25, 0.3) is 5.91 Å². The number of hydrogen-bond acceptors (Lipinski definition) is 4. The van der Waals surface area contributed by atoms with Gasteiger partial charge in [0.1, 0.15) is 10.9 Å². The molecule has 1 heterocycles. The molecule has 4 rings (SSSR count). The quantitative estimate of drug-likeness (QED) is 0.370. The zero-order valence-electron chi connectivity index (χ0n) is 16.2. The monoisotopic (exact) mass is 418 g/mol. The summed E-state index contributed by atoms with van der Waals surface area (Å²) in [6.07, 6.45) is 1.49. The molecule has 3 aromatic carbocycles. The molecule has 0 aliphatic heterocycles. The normalized spacial score (nSPS) is 11.1. The fourth-order valence-corrected chi connectivity index (χ4v) is 3.38. The Morgan fingerprint density at radius 2 is 1.83 bits per heavy atom. The maximum atomic E-state index is 12.1. The van der Waals surface area contributed by atoms with E-state index in [0.717, 1.165) is 16.5 Å². The summed E-state index contributed by atoms with van der Waals surface area (Å²) >= 11 is 6.45. The van der Waals surface area contributed by atoms with Crippen LogP contribution in [0.1, 0.15) is 11.3 Å². The van der Waals surface area contributed by atoms with Gasteiger partial charge >= 0.3 is 0 Å². The Kier molecular flexibility index (Phi) is 5.77. The maximum absolute atomic E-state index is 12.1. The Hall–Kier alpha value is -3.64. The van der Waals surface area contributed by atoms with Crippen LogP contribution in [0.15, 0.2) is 77.9 Å². The van der Waals surface area contributed by atoms with E-state index in [2.05, 4.69) is 15.6 Å². The largest absolute Gasteiger partial charge is 0.483 e. The average molecular weight is 419 g/mol. The molecule has 150 valence electrons. The summed E-state index contributed by atoms with van der Waals surface area (Å²) in [5, 5.41) is 10.9. The minimum atomic E-state index is -0.372. The molecule has 1 aromatic heterocycles. The van der Waals surface area contributed by atoms with Crippen LogP contribution < -0.4 is 10.2 Å². The van der Waals surface area contributed by atoms with Crippen molar-refractivity contribution in [2.45, 2.75) is 6.92 Å². The molecule has 0 spiro atoms. The molecular weight excluding hydrogens is 400 g/mol. The molecule has 1 N–H and O–H groups in total. The SMILES string of the molecule is Cc1nn(-c2ccccc2)c(Cl)c1/C=N\NC(=O)COc1cccc2ccccc12. The highest BCUT2D eigenvalue weighted by Crippen LogP contribution is 2.25. The lowest BCUT2D eigenvalue weighted by atomic mass is 10.1. The van der Waals surface area contributed by atoms with Crippen LogP contribution in [0.5, 0.6) is 5.75 Å². The van der Waals surface area contributed by atoms with E-state index in [0.29, 0.717) is 22.2 Å². The smallest absolute Gasteiger partial charge is 0.277 e. The average Bonchev–Trinajstić information content (AvgIpc) is 3.06. The van der Waals surface area contributed by atoms with Crippen LogP contribution in [0.25, 0.3) is 16.5 Å². The molecule has 0 unspecified atom stereocenters. The van der Waals surface area contributed by atoms with Gasteiger partial charge < -0.3 is 4.74 Å². The van der Waals surface area contributed by atoms with Crippen LogP contribution in [0, 0.1) is 6.92 Å². The molecule has 0 saturated heterocycles. The zero-order chi connectivity index (χ0) is 20.9. The van der Waals surface area contributed by atoms with Crippen molar-refractivity contribution in [3.63, 3.8) is 0 Å². The summed E-state index contributed by atoms with van der Waals surface area (Å²) in [5.41, 5.74) is 4.65. The summed E-state index contributed by atoms with van der Waals surface area (Å²) in [5.74, 6) is 0.277. The van der Waals surface area contributed by atoms with Crippen molar-refractivity contribution in [2.24, 2.45) is 5.10 Å². The van der Waals surface area contributed by atoms with Crippen LogP contribution >= 0.6 is 11.6 Å². The number of amides is 1. The third-order valence-corrected chi connectivity index (χ3v) is 4.90. The predicted octanol–water partition coefficient (Wildman–Crippen LogP) is 4.52. The highest BCUT2D eigenvalue weighted by molar-refractivity contribution is 6.32. The maximum Gasteiger partial charge on any atom is 0.277 e. The molecule has 0 saturated carbocycles. The number of para-hydroxylation sites is 1. The van der Waals surface area contributed by atoms with Gasteiger partial charge in [0.05, 0.1) is 23.2 Å². The Morgan fingerprint density at radius 3 is 2.67 bits per heavy atom. The van der Waals surface area contributed by atoms with Gasteiger partial charge in [0.2, 0.25) is 0 Å². The van der Waals surface area contributed by atoms with E-state index in [4.69, 9.17) is 16.3 Å².